The summed E-state index contributed by atoms with van der Waals surface area (Å²) in [6.07, 6.45) is 5.82. The van der Waals surface area contributed by atoms with E-state index >= 15 is 0 Å². The maximum absolute atomic E-state index is 14.4. The summed E-state index contributed by atoms with van der Waals surface area (Å²) in [5.41, 5.74) is 2.28. The van der Waals surface area contributed by atoms with Crippen molar-refractivity contribution in [3.05, 3.63) is 83.9 Å². The molecule has 3 aromatic rings. The molecule has 2 aliphatic rings. The molecule has 2 fully saturated rings. The van der Waals surface area contributed by atoms with E-state index in [2.05, 4.69) is 25.9 Å². The lowest BCUT2D eigenvalue weighted by Crippen LogP contribution is -2.59. The molecule has 1 aromatic heterocycles. The molecule has 312 valence electrons. The number of aromatic nitrogens is 2. The van der Waals surface area contributed by atoms with Crippen molar-refractivity contribution in [1.29, 1.82) is 0 Å². The van der Waals surface area contributed by atoms with Gasteiger partial charge in [0, 0.05) is 25.2 Å². The fourth-order valence-corrected chi connectivity index (χ4v) is 7.39. The van der Waals surface area contributed by atoms with Gasteiger partial charge in [-0.3, -0.25) is 24.1 Å². The molecule has 2 saturated heterocycles. The van der Waals surface area contributed by atoms with Crippen molar-refractivity contribution in [2.24, 2.45) is 0 Å². The highest BCUT2D eigenvalue weighted by Crippen LogP contribution is 2.32. The van der Waals surface area contributed by atoms with Crippen molar-refractivity contribution in [3.8, 4) is 5.75 Å². The molecular weight excluding hydrogens is 747 g/mol. The van der Waals surface area contributed by atoms with Gasteiger partial charge in [0.05, 0.1) is 31.3 Å². The normalized spacial score (nSPS) is 19.0. The molecule has 16 nitrogen and oxygen atoms in total. The van der Waals surface area contributed by atoms with Gasteiger partial charge in [0.2, 0.25) is 23.6 Å². The molecule has 4 N–H and O–H groups in total. The summed E-state index contributed by atoms with van der Waals surface area (Å²) >= 11 is 0. The number of ether oxygens (including phenoxy) is 3. The molecule has 3 heterocycles. The maximum atomic E-state index is 14.4. The van der Waals surface area contributed by atoms with Crippen LogP contribution in [-0.2, 0) is 57.6 Å². The maximum Gasteiger partial charge on any atom is 0.359 e. The van der Waals surface area contributed by atoms with E-state index in [9.17, 15) is 28.8 Å². The molecular formula is C42H55N7O9. The molecule has 5 rings (SSSR count). The molecule has 1 unspecified atom stereocenters. The first-order valence-corrected chi connectivity index (χ1v) is 20.0. The fourth-order valence-electron chi connectivity index (χ4n) is 7.39. The largest absolute Gasteiger partial charge is 0.467 e. The molecule has 58 heavy (non-hydrogen) atoms. The highest BCUT2D eigenvalue weighted by molar-refractivity contribution is 5.98. The van der Waals surface area contributed by atoms with Gasteiger partial charge in [0.15, 0.2) is 0 Å². The van der Waals surface area contributed by atoms with Crippen LogP contribution in [-0.4, -0.2) is 119 Å². The minimum Gasteiger partial charge on any atom is -0.467 e. The number of fused-ring (bicyclic) bond motifs is 1. The second-order valence-electron chi connectivity index (χ2n) is 14.7. The number of imidazole rings is 1. The van der Waals surface area contributed by atoms with Crippen molar-refractivity contribution >= 4 is 35.6 Å². The van der Waals surface area contributed by atoms with Gasteiger partial charge in [-0.05, 0) is 83.3 Å². The van der Waals surface area contributed by atoms with Gasteiger partial charge in [-0.2, -0.15) is 0 Å². The molecule has 16 heteroatoms. The Bertz CT molecular complexity index is 1820. The van der Waals surface area contributed by atoms with Crippen LogP contribution >= 0.6 is 0 Å². The first-order chi connectivity index (χ1) is 28.0. The predicted octanol–water partition coefficient (Wildman–Crippen LogP) is 2.22. The second-order valence-corrected chi connectivity index (χ2v) is 14.7. The highest BCUT2D eigenvalue weighted by atomic mass is 16.6. The summed E-state index contributed by atoms with van der Waals surface area (Å²) < 4.78 is 15.6. The molecule has 0 radical (unpaired) electrons. The molecule has 2 aliphatic heterocycles. The third kappa shape index (κ3) is 11.6. The van der Waals surface area contributed by atoms with Crippen molar-refractivity contribution in [3.63, 3.8) is 0 Å². The average molecular weight is 802 g/mol. The van der Waals surface area contributed by atoms with Gasteiger partial charge in [-0.15, -0.1) is 0 Å². The Kier molecular flexibility index (Phi) is 15.8. The van der Waals surface area contributed by atoms with Crippen molar-refractivity contribution in [2.45, 2.75) is 108 Å². The highest BCUT2D eigenvalue weighted by Gasteiger charge is 2.45. The second kappa shape index (κ2) is 21.1. The Labute approximate surface area is 338 Å². The molecule has 2 aromatic carbocycles. The van der Waals surface area contributed by atoms with Gasteiger partial charge in [0.25, 0.3) is 6.10 Å². The number of hydrogen-bond donors (Lipinski definition) is 4. The first-order valence-electron chi connectivity index (χ1n) is 20.0. The summed E-state index contributed by atoms with van der Waals surface area (Å²) in [6, 6.07) is 12.7. The lowest BCUT2D eigenvalue weighted by molar-refractivity contribution is -0.166. The third-order valence-corrected chi connectivity index (χ3v) is 10.4. The third-order valence-electron chi connectivity index (χ3n) is 10.4. The lowest BCUT2D eigenvalue weighted by Gasteiger charge is -2.36. The Morgan fingerprint density at radius 1 is 0.862 bits per heavy atom. The van der Waals surface area contributed by atoms with Crippen LogP contribution < -0.4 is 20.7 Å². The van der Waals surface area contributed by atoms with Gasteiger partial charge in [-0.1, -0.05) is 55.3 Å². The van der Waals surface area contributed by atoms with Crippen LogP contribution in [0.3, 0.4) is 0 Å². The van der Waals surface area contributed by atoms with E-state index in [-0.39, 0.29) is 62.1 Å². The summed E-state index contributed by atoms with van der Waals surface area (Å²) in [5.74, 6) is -2.94. The van der Waals surface area contributed by atoms with Crippen LogP contribution in [0.5, 0.6) is 5.75 Å². The van der Waals surface area contributed by atoms with E-state index in [1.807, 2.05) is 30.3 Å². The smallest absolute Gasteiger partial charge is 0.359 e. The molecule has 0 spiro atoms. The zero-order chi connectivity index (χ0) is 41.6. The molecule has 5 atom stereocenters. The molecule has 4 amide bonds. The zero-order valence-corrected chi connectivity index (χ0v) is 33.6. The number of nitrogens with one attached hydrogen (secondary N) is 4. The first kappa shape index (κ1) is 43.4. The van der Waals surface area contributed by atoms with Gasteiger partial charge < -0.3 is 40.0 Å². The SMILES string of the molecule is CCOC(=O)C(Oc1ccc(C[C@@H](C(=O)N[C@H]2CCCCC3CC[C@@H](C(=O)N[C@@H](Cc4c[nH]cn4)C(=O)NCc4ccccc4)N3C2=O)N(C)C)cc1)C(=O)OCC. The number of aromatic amines is 1. The monoisotopic (exact) mass is 801 g/mol. The summed E-state index contributed by atoms with van der Waals surface area (Å²) in [5, 5.41) is 8.86. The number of carbonyl (C=O) groups is 6. The van der Waals surface area contributed by atoms with Gasteiger partial charge in [0.1, 0.15) is 23.9 Å². The predicted molar refractivity (Wildman–Crippen MR) is 212 cm³/mol. The van der Waals surface area contributed by atoms with E-state index in [0.717, 1.165) is 30.4 Å². The average Bonchev–Trinajstić information content (AvgIpc) is 3.89. The van der Waals surface area contributed by atoms with E-state index in [1.54, 1.807) is 68.2 Å². The van der Waals surface area contributed by atoms with Crippen LogP contribution in [0.25, 0.3) is 0 Å². The van der Waals surface area contributed by atoms with Crippen LogP contribution in [0.2, 0.25) is 0 Å². The van der Waals surface area contributed by atoms with Crippen LogP contribution in [0.15, 0.2) is 67.1 Å². The topological polar surface area (TPSA) is 201 Å². The minimum atomic E-state index is -1.58. The number of amides is 4. The molecule has 0 saturated carbocycles. The summed E-state index contributed by atoms with van der Waals surface area (Å²) in [7, 11) is 3.55. The number of H-pyrrole nitrogens is 1. The number of likely N-dealkylation sites (N-methyl/N-ethyl adjacent to an activating group) is 1. The summed E-state index contributed by atoms with van der Waals surface area (Å²) in [4.78, 5) is 91.1. The number of rotatable bonds is 18. The Morgan fingerprint density at radius 3 is 2.19 bits per heavy atom. The van der Waals surface area contributed by atoms with E-state index in [1.165, 1.54) is 6.33 Å². The van der Waals surface area contributed by atoms with Gasteiger partial charge >= 0.3 is 11.9 Å². The number of carbonyl (C=O) groups excluding carboxylic acids is 6. The van der Waals surface area contributed by atoms with Crippen molar-refractivity contribution in [1.82, 2.24) is 35.7 Å². The number of hydrogen-bond acceptors (Lipinski definition) is 11. The van der Waals surface area contributed by atoms with Crippen molar-refractivity contribution < 1.29 is 43.0 Å². The van der Waals surface area contributed by atoms with Crippen LogP contribution in [0, 0.1) is 0 Å². The lowest BCUT2D eigenvalue weighted by atomic mass is 9.98. The van der Waals surface area contributed by atoms with Crippen molar-refractivity contribution in [2.75, 3.05) is 27.3 Å². The molecule has 0 aliphatic carbocycles. The minimum absolute atomic E-state index is 0.0651. The zero-order valence-electron chi connectivity index (χ0n) is 33.6. The Balaban J connectivity index is 1.25. The summed E-state index contributed by atoms with van der Waals surface area (Å²) in [6.45, 7) is 3.66. The molecule has 0 bridgehead atoms. The number of nitrogens with zero attached hydrogens (tertiary/aromatic N) is 3. The van der Waals surface area contributed by atoms with E-state index in [0.29, 0.717) is 25.0 Å². The van der Waals surface area contributed by atoms with E-state index < -0.39 is 48.1 Å². The van der Waals surface area contributed by atoms with E-state index in [4.69, 9.17) is 14.2 Å². The van der Waals surface area contributed by atoms with Crippen LogP contribution in [0.4, 0.5) is 0 Å². The van der Waals surface area contributed by atoms with Gasteiger partial charge in [-0.25, -0.2) is 14.6 Å². The quantitative estimate of drug-likeness (QED) is 0.109. The number of benzene rings is 2. The Hall–Kier alpha value is -5.77. The van der Waals surface area contributed by atoms with Crippen LogP contribution in [0.1, 0.15) is 69.2 Å². The standard InChI is InChI=1S/C42H55N7O9/c1-5-56-41(54)36(42(55)57-6-2)58-31-19-16-27(17-20-31)22-35(48(3)4)39(52)46-32-15-11-10-14-30-18-21-34(49(30)40(32)53)38(51)47-33(23-29-25-43-26-45-29)37(50)44-24-28-12-8-7-9-13-28/h7-9,12-13,16-17,19-20,25-26,30,32-36H,5-6,10-11,14-15,18,21-24H2,1-4H3,(H,43,45)(H,44,50)(H,46,52)(H,47,51)/t30?,32-,33-,34-,35-/m0/s1. The number of esters is 2. The Morgan fingerprint density at radius 2 is 1.55 bits per heavy atom. The fraction of sp³-hybridized carbons (Fsp3) is 0.500.